The van der Waals surface area contributed by atoms with Gasteiger partial charge in [-0.3, -0.25) is 9.59 Å². The molecule has 1 aromatic rings. The van der Waals surface area contributed by atoms with Crippen LogP contribution in [0, 0.1) is 29.0 Å². The van der Waals surface area contributed by atoms with Crippen LogP contribution in [-0.4, -0.2) is 49.6 Å². The average Bonchev–Trinajstić information content (AvgIpc) is 2.71. The van der Waals surface area contributed by atoms with E-state index in [0.29, 0.717) is 38.3 Å². The van der Waals surface area contributed by atoms with Gasteiger partial charge in [-0.2, -0.15) is 0 Å². The third-order valence-electron chi connectivity index (χ3n) is 7.87. The van der Waals surface area contributed by atoms with Crippen molar-refractivity contribution < 1.29 is 18.7 Å². The molecule has 1 saturated heterocycles. The average molecular weight is 415 g/mol. The molecule has 0 spiro atoms. The Balaban J connectivity index is 1.09. The lowest BCUT2D eigenvalue weighted by molar-refractivity contribution is -0.158. The minimum Gasteiger partial charge on any atom is -0.456 e. The lowest BCUT2D eigenvalue weighted by Crippen LogP contribution is -2.50. The van der Waals surface area contributed by atoms with Crippen LogP contribution in [-0.2, 0) is 14.3 Å². The fraction of sp³-hybridized carbons (Fsp3) is 0.667. The Morgan fingerprint density at radius 1 is 0.967 bits per heavy atom. The number of hydrogen-bond donors (Lipinski definition) is 0. The second-order valence-electron chi connectivity index (χ2n) is 10.1. The molecule has 0 radical (unpaired) electrons. The largest absolute Gasteiger partial charge is 0.456 e. The quantitative estimate of drug-likeness (QED) is 0.691. The number of ether oxygens (including phenoxy) is 1. The molecule has 1 aliphatic heterocycles. The summed E-state index contributed by atoms with van der Waals surface area (Å²) in [6, 6.07) is 6.71. The molecule has 5 aliphatic rings. The number of nitrogens with zero attached hydrogens (tertiary/aromatic N) is 2. The van der Waals surface area contributed by atoms with E-state index in [-0.39, 0.29) is 29.7 Å². The topological polar surface area (TPSA) is 49.9 Å². The molecule has 6 rings (SSSR count). The fourth-order valence-electron chi connectivity index (χ4n) is 7.00. The van der Waals surface area contributed by atoms with Crippen LogP contribution in [0.1, 0.15) is 44.9 Å². The van der Waals surface area contributed by atoms with Gasteiger partial charge in [0.15, 0.2) is 6.61 Å². The molecule has 5 nitrogen and oxygen atoms in total. The van der Waals surface area contributed by atoms with Crippen LogP contribution < -0.4 is 4.90 Å². The van der Waals surface area contributed by atoms with Gasteiger partial charge in [-0.25, -0.2) is 4.39 Å². The van der Waals surface area contributed by atoms with Crippen LogP contribution in [0.3, 0.4) is 0 Å². The number of amides is 1. The summed E-state index contributed by atoms with van der Waals surface area (Å²) < 4.78 is 19.4. The first-order valence-corrected chi connectivity index (χ1v) is 11.4. The first kappa shape index (κ1) is 19.8. The monoisotopic (exact) mass is 414 g/mol. The molecule has 4 saturated carbocycles. The molecular formula is C24H31FN2O3. The van der Waals surface area contributed by atoms with E-state index in [1.165, 1.54) is 44.6 Å². The highest BCUT2D eigenvalue weighted by Gasteiger charge is 2.51. The van der Waals surface area contributed by atoms with E-state index in [0.717, 1.165) is 17.8 Å². The Hall–Kier alpha value is -2.11. The summed E-state index contributed by atoms with van der Waals surface area (Å²) in [5.74, 6) is 1.80. The molecule has 1 heterocycles. The van der Waals surface area contributed by atoms with Gasteiger partial charge < -0.3 is 14.5 Å². The number of piperazine rings is 1. The number of anilines is 1. The summed E-state index contributed by atoms with van der Waals surface area (Å²) in [6.07, 6.45) is 8.04. The third kappa shape index (κ3) is 3.93. The molecule has 6 heteroatoms. The molecule has 1 amide bonds. The zero-order chi connectivity index (χ0) is 20.7. The standard InChI is InChI=1S/C24H31FN2O3/c25-20-3-1-2-4-21(20)26-5-7-27(8-6-26)22(28)16-30-23(29)15-24-12-17-9-18(13-24)11-19(10-17)14-24/h1-4,17-19H,5-16H2. The van der Waals surface area contributed by atoms with Gasteiger partial charge in [-0.1, -0.05) is 12.1 Å². The molecular weight excluding hydrogens is 383 g/mol. The van der Waals surface area contributed by atoms with E-state index < -0.39 is 0 Å². The number of esters is 1. The second-order valence-corrected chi connectivity index (χ2v) is 10.1. The number of carbonyl (C=O) groups excluding carboxylic acids is 2. The molecule has 4 bridgehead atoms. The molecule has 0 atom stereocenters. The van der Waals surface area contributed by atoms with Crippen molar-refractivity contribution in [3.8, 4) is 0 Å². The van der Waals surface area contributed by atoms with Gasteiger partial charge in [0.25, 0.3) is 5.91 Å². The lowest BCUT2D eigenvalue weighted by Gasteiger charge is -2.56. The normalized spacial score (nSPS) is 32.4. The molecule has 1 aromatic carbocycles. The highest BCUT2D eigenvalue weighted by molar-refractivity contribution is 5.81. The van der Waals surface area contributed by atoms with Gasteiger partial charge in [0, 0.05) is 26.2 Å². The van der Waals surface area contributed by atoms with Crippen molar-refractivity contribution in [3.63, 3.8) is 0 Å². The van der Waals surface area contributed by atoms with Crippen LogP contribution in [0.4, 0.5) is 10.1 Å². The Kier molecular flexibility index (Phi) is 5.19. The summed E-state index contributed by atoms with van der Waals surface area (Å²) >= 11 is 0. The predicted octanol–water partition coefficient (Wildman–Crippen LogP) is 3.62. The van der Waals surface area contributed by atoms with E-state index in [4.69, 9.17) is 4.74 Å². The zero-order valence-electron chi connectivity index (χ0n) is 17.5. The number of hydrogen-bond acceptors (Lipinski definition) is 4. The van der Waals surface area contributed by atoms with E-state index in [9.17, 15) is 14.0 Å². The van der Waals surface area contributed by atoms with Crippen molar-refractivity contribution in [1.29, 1.82) is 0 Å². The van der Waals surface area contributed by atoms with Gasteiger partial charge in [-0.15, -0.1) is 0 Å². The maximum absolute atomic E-state index is 14.0. The zero-order valence-corrected chi connectivity index (χ0v) is 17.5. The van der Waals surface area contributed by atoms with Crippen molar-refractivity contribution >= 4 is 17.6 Å². The van der Waals surface area contributed by atoms with Crippen molar-refractivity contribution in [1.82, 2.24) is 4.90 Å². The molecule has 0 N–H and O–H groups in total. The maximum Gasteiger partial charge on any atom is 0.306 e. The van der Waals surface area contributed by atoms with Crippen LogP contribution in [0.15, 0.2) is 24.3 Å². The molecule has 5 fully saturated rings. The first-order chi connectivity index (χ1) is 14.5. The van der Waals surface area contributed by atoms with E-state index in [1.54, 1.807) is 17.0 Å². The van der Waals surface area contributed by atoms with E-state index >= 15 is 0 Å². The first-order valence-electron chi connectivity index (χ1n) is 11.4. The van der Waals surface area contributed by atoms with Crippen LogP contribution in [0.2, 0.25) is 0 Å². The SMILES string of the molecule is O=C(CC12CC3CC(CC(C3)C1)C2)OCC(=O)N1CCN(c2ccccc2F)CC1. The summed E-state index contributed by atoms with van der Waals surface area (Å²) in [4.78, 5) is 28.8. The Morgan fingerprint density at radius 2 is 1.57 bits per heavy atom. The van der Waals surface area contributed by atoms with E-state index in [2.05, 4.69) is 0 Å². The molecule has 162 valence electrons. The maximum atomic E-state index is 14.0. The van der Waals surface area contributed by atoms with Gasteiger partial charge in [0.2, 0.25) is 0 Å². The van der Waals surface area contributed by atoms with Crippen molar-refractivity contribution in [2.24, 2.45) is 23.2 Å². The highest BCUT2D eigenvalue weighted by atomic mass is 19.1. The lowest BCUT2D eigenvalue weighted by atomic mass is 9.49. The van der Waals surface area contributed by atoms with Crippen LogP contribution in [0.5, 0.6) is 0 Å². The molecule has 30 heavy (non-hydrogen) atoms. The molecule has 0 aromatic heterocycles. The van der Waals surface area contributed by atoms with Gasteiger partial charge in [-0.05, 0) is 73.8 Å². The van der Waals surface area contributed by atoms with Crippen molar-refractivity contribution in [2.45, 2.75) is 44.9 Å². The summed E-state index contributed by atoms with van der Waals surface area (Å²) in [6.45, 7) is 2.01. The number of para-hydroxylation sites is 1. The number of halogens is 1. The highest BCUT2D eigenvalue weighted by Crippen LogP contribution is 2.61. The van der Waals surface area contributed by atoms with E-state index in [1.807, 2.05) is 11.0 Å². The number of benzene rings is 1. The number of carbonyl (C=O) groups is 2. The van der Waals surface area contributed by atoms with Crippen LogP contribution in [0.25, 0.3) is 0 Å². The second kappa shape index (κ2) is 7.86. The minimum atomic E-state index is -0.240. The number of rotatable bonds is 5. The van der Waals surface area contributed by atoms with Gasteiger partial charge >= 0.3 is 5.97 Å². The van der Waals surface area contributed by atoms with Gasteiger partial charge in [0.1, 0.15) is 5.82 Å². The Labute approximate surface area is 177 Å². The Bertz CT molecular complexity index is 783. The third-order valence-corrected chi connectivity index (χ3v) is 7.87. The summed E-state index contributed by atoms with van der Waals surface area (Å²) in [7, 11) is 0. The Morgan fingerprint density at radius 3 is 2.17 bits per heavy atom. The van der Waals surface area contributed by atoms with Crippen LogP contribution >= 0.6 is 0 Å². The van der Waals surface area contributed by atoms with Gasteiger partial charge in [0.05, 0.1) is 12.1 Å². The summed E-state index contributed by atoms with van der Waals surface area (Å²) in [5, 5.41) is 0. The smallest absolute Gasteiger partial charge is 0.306 e. The predicted molar refractivity (Wildman–Crippen MR) is 111 cm³/mol. The minimum absolute atomic E-state index is 0.139. The molecule has 0 unspecified atom stereocenters. The molecule has 4 aliphatic carbocycles. The van der Waals surface area contributed by atoms with Crippen molar-refractivity contribution in [3.05, 3.63) is 30.1 Å². The fourth-order valence-corrected chi connectivity index (χ4v) is 7.00. The van der Waals surface area contributed by atoms with Crippen molar-refractivity contribution in [2.75, 3.05) is 37.7 Å². The summed E-state index contributed by atoms with van der Waals surface area (Å²) in [5.41, 5.74) is 0.715.